The third-order valence-corrected chi connectivity index (χ3v) is 4.23. The van der Waals surface area contributed by atoms with Gasteiger partial charge in [-0.05, 0) is 38.0 Å². The molecule has 1 aromatic heterocycles. The average Bonchev–Trinajstić information content (AvgIpc) is 2.79. The van der Waals surface area contributed by atoms with Gasteiger partial charge in [-0.2, -0.15) is 10.1 Å². The maximum absolute atomic E-state index is 12.6. The van der Waals surface area contributed by atoms with Crippen molar-refractivity contribution in [2.45, 2.75) is 26.0 Å². The van der Waals surface area contributed by atoms with Gasteiger partial charge in [0.05, 0.1) is 11.5 Å². The highest BCUT2D eigenvalue weighted by Gasteiger charge is 2.47. The Hall–Kier alpha value is -2.53. The lowest BCUT2D eigenvalue weighted by Crippen LogP contribution is -2.49. The van der Waals surface area contributed by atoms with Crippen LogP contribution in [0.3, 0.4) is 0 Å². The van der Waals surface area contributed by atoms with Crippen LogP contribution in [0, 0.1) is 5.92 Å². The summed E-state index contributed by atoms with van der Waals surface area (Å²) in [4.78, 5) is 16.6. The van der Waals surface area contributed by atoms with Crippen molar-refractivity contribution in [3.63, 3.8) is 0 Å². The minimum absolute atomic E-state index is 0.245. The summed E-state index contributed by atoms with van der Waals surface area (Å²) >= 11 is 0. The molecule has 23 heavy (non-hydrogen) atoms. The molecule has 1 aliphatic rings. The summed E-state index contributed by atoms with van der Waals surface area (Å²) < 4.78 is 0. The number of rotatable bonds is 3. The van der Waals surface area contributed by atoms with Gasteiger partial charge in [0, 0.05) is 18.1 Å². The van der Waals surface area contributed by atoms with Gasteiger partial charge in [0.2, 0.25) is 0 Å². The second kappa shape index (κ2) is 5.93. The molecule has 2 atom stereocenters. The molecule has 2 heterocycles. The summed E-state index contributed by atoms with van der Waals surface area (Å²) in [6.07, 6.45) is 3.71. The van der Waals surface area contributed by atoms with Crippen LogP contribution >= 0.6 is 0 Å². The summed E-state index contributed by atoms with van der Waals surface area (Å²) in [6, 6.07) is 13.3. The zero-order valence-electron chi connectivity index (χ0n) is 13.2. The number of amides is 1. The van der Waals surface area contributed by atoms with Crippen molar-refractivity contribution in [1.29, 1.82) is 0 Å². The molecule has 3 rings (SSSR count). The van der Waals surface area contributed by atoms with Crippen LogP contribution in [0.4, 0.5) is 0 Å². The van der Waals surface area contributed by atoms with Crippen molar-refractivity contribution in [1.82, 2.24) is 9.99 Å². The fourth-order valence-corrected chi connectivity index (χ4v) is 2.93. The molecule has 0 saturated heterocycles. The molecule has 5 nitrogen and oxygen atoms in total. The van der Waals surface area contributed by atoms with E-state index in [1.165, 1.54) is 11.2 Å². The normalized spacial score (nSPS) is 23.7. The van der Waals surface area contributed by atoms with Crippen LogP contribution in [0.5, 0.6) is 0 Å². The average molecular weight is 309 g/mol. The lowest BCUT2D eigenvalue weighted by atomic mass is 9.87. The van der Waals surface area contributed by atoms with Crippen molar-refractivity contribution >= 4 is 11.6 Å². The van der Waals surface area contributed by atoms with E-state index in [-0.39, 0.29) is 11.8 Å². The van der Waals surface area contributed by atoms with Crippen LogP contribution < -0.4 is 0 Å². The zero-order valence-corrected chi connectivity index (χ0v) is 13.2. The molecule has 2 aromatic rings. The SMILES string of the molecule is CC1=NN(C(=O)c2cccnc2)C(C)(O)C1Cc1ccccc1. The summed E-state index contributed by atoms with van der Waals surface area (Å²) in [5, 5.41) is 16.4. The number of aliphatic hydroxyl groups is 1. The van der Waals surface area contributed by atoms with Crippen molar-refractivity contribution < 1.29 is 9.90 Å². The summed E-state index contributed by atoms with van der Waals surface area (Å²) in [6.45, 7) is 3.48. The highest BCUT2D eigenvalue weighted by Crippen LogP contribution is 2.34. The van der Waals surface area contributed by atoms with Gasteiger partial charge < -0.3 is 5.11 Å². The van der Waals surface area contributed by atoms with Crippen molar-refractivity contribution in [3.05, 3.63) is 66.0 Å². The van der Waals surface area contributed by atoms with Crippen molar-refractivity contribution in [2.24, 2.45) is 11.0 Å². The van der Waals surface area contributed by atoms with Crippen LogP contribution in [0.15, 0.2) is 60.0 Å². The van der Waals surface area contributed by atoms with E-state index in [0.29, 0.717) is 12.0 Å². The number of pyridine rings is 1. The molecule has 118 valence electrons. The number of hydrogen-bond donors (Lipinski definition) is 1. The standard InChI is InChI=1S/C18H19N3O2/c1-13-16(11-14-7-4-3-5-8-14)18(2,23)21(20-13)17(22)15-9-6-10-19-12-15/h3-10,12,16,23H,11H2,1-2H3. The van der Waals surface area contributed by atoms with Gasteiger partial charge in [0.1, 0.15) is 0 Å². The molecule has 1 amide bonds. The van der Waals surface area contributed by atoms with Gasteiger partial charge in [-0.3, -0.25) is 9.78 Å². The van der Waals surface area contributed by atoms with Gasteiger partial charge >= 0.3 is 0 Å². The largest absolute Gasteiger partial charge is 0.369 e. The Morgan fingerprint density at radius 2 is 2.00 bits per heavy atom. The summed E-state index contributed by atoms with van der Waals surface area (Å²) in [5.41, 5.74) is 0.885. The molecule has 5 heteroatoms. The first kappa shape index (κ1) is 15.4. The molecule has 1 aliphatic heterocycles. The Labute approximate surface area is 135 Å². The number of carbonyl (C=O) groups excluding carboxylic acids is 1. The summed E-state index contributed by atoms with van der Waals surface area (Å²) in [7, 11) is 0. The van der Waals surface area contributed by atoms with Gasteiger partial charge in [-0.25, -0.2) is 0 Å². The molecule has 0 saturated carbocycles. The van der Waals surface area contributed by atoms with Crippen molar-refractivity contribution in [3.8, 4) is 0 Å². The van der Waals surface area contributed by atoms with E-state index in [2.05, 4.69) is 10.1 Å². The topological polar surface area (TPSA) is 65.8 Å². The van der Waals surface area contributed by atoms with E-state index in [1.54, 1.807) is 25.3 Å². The molecule has 2 unspecified atom stereocenters. The summed E-state index contributed by atoms with van der Waals surface area (Å²) in [5.74, 6) is -0.594. The minimum atomic E-state index is -1.37. The number of benzene rings is 1. The monoisotopic (exact) mass is 309 g/mol. The predicted molar refractivity (Wildman–Crippen MR) is 87.8 cm³/mol. The Bertz CT molecular complexity index is 726. The van der Waals surface area contributed by atoms with E-state index in [1.807, 2.05) is 37.3 Å². The lowest BCUT2D eigenvalue weighted by Gasteiger charge is -2.32. The number of aromatic nitrogens is 1. The van der Waals surface area contributed by atoms with Crippen LogP contribution in [0.25, 0.3) is 0 Å². The third-order valence-electron chi connectivity index (χ3n) is 4.23. The maximum atomic E-state index is 12.6. The highest BCUT2D eigenvalue weighted by molar-refractivity contribution is 5.98. The molecular formula is C18H19N3O2. The molecule has 1 aromatic carbocycles. The van der Waals surface area contributed by atoms with Gasteiger partial charge in [0.25, 0.3) is 5.91 Å². The quantitative estimate of drug-likeness (QED) is 0.947. The van der Waals surface area contributed by atoms with Gasteiger partial charge in [-0.15, -0.1) is 0 Å². The maximum Gasteiger partial charge on any atom is 0.278 e. The molecule has 0 bridgehead atoms. The molecule has 0 spiro atoms. The smallest absolute Gasteiger partial charge is 0.278 e. The Morgan fingerprint density at radius 1 is 1.26 bits per heavy atom. The zero-order chi connectivity index (χ0) is 16.4. The Kier molecular flexibility index (Phi) is 3.96. The van der Waals surface area contributed by atoms with Crippen LogP contribution in [-0.4, -0.2) is 32.4 Å². The molecule has 0 radical (unpaired) electrons. The number of nitrogens with zero attached hydrogens (tertiary/aromatic N) is 3. The van der Waals surface area contributed by atoms with Gasteiger partial charge in [0.15, 0.2) is 5.72 Å². The van der Waals surface area contributed by atoms with E-state index >= 15 is 0 Å². The third kappa shape index (κ3) is 2.87. The van der Waals surface area contributed by atoms with E-state index in [4.69, 9.17) is 0 Å². The first-order valence-electron chi connectivity index (χ1n) is 7.56. The number of carbonyl (C=O) groups is 1. The van der Waals surface area contributed by atoms with Gasteiger partial charge in [-0.1, -0.05) is 30.3 Å². The second-order valence-electron chi connectivity index (χ2n) is 5.94. The Balaban J connectivity index is 1.86. The molecule has 0 fully saturated rings. The lowest BCUT2D eigenvalue weighted by molar-refractivity contribution is -0.0824. The first-order valence-corrected chi connectivity index (χ1v) is 7.56. The van der Waals surface area contributed by atoms with Crippen molar-refractivity contribution in [2.75, 3.05) is 0 Å². The fraction of sp³-hybridized carbons (Fsp3) is 0.278. The molecule has 1 N–H and O–H groups in total. The minimum Gasteiger partial charge on any atom is -0.369 e. The highest BCUT2D eigenvalue weighted by atomic mass is 16.3. The Morgan fingerprint density at radius 3 is 2.65 bits per heavy atom. The first-order chi connectivity index (χ1) is 11.0. The fourth-order valence-electron chi connectivity index (χ4n) is 2.93. The van der Waals surface area contributed by atoms with E-state index in [9.17, 15) is 9.90 Å². The number of hydrazone groups is 1. The number of hydrogen-bond acceptors (Lipinski definition) is 4. The van der Waals surface area contributed by atoms with Crippen LogP contribution in [-0.2, 0) is 6.42 Å². The van der Waals surface area contributed by atoms with Crippen LogP contribution in [0.1, 0.15) is 29.8 Å². The van der Waals surface area contributed by atoms with E-state index < -0.39 is 5.72 Å². The molecular weight excluding hydrogens is 290 g/mol. The van der Waals surface area contributed by atoms with E-state index in [0.717, 1.165) is 11.3 Å². The second-order valence-corrected chi connectivity index (χ2v) is 5.94. The predicted octanol–water partition coefficient (Wildman–Crippen LogP) is 2.48. The molecule has 0 aliphatic carbocycles. The van der Waals surface area contributed by atoms with Crippen LogP contribution in [0.2, 0.25) is 0 Å².